The van der Waals surface area contributed by atoms with Crippen LogP contribution in [0, 0.1) is 6.92 Å². The lowest BCUT2D eigenvalue weighted by molar-refractivity contribution is -0.130. The summed E-state index contributed by atoms with van der Waals surface area (Å²) in [6.45, 7) is 8.18. The molecule has 0 radical (unpaired) electrons. The zero-order valence-electron chi connectivity index (χ0n) is 12.6. The van der Waals surface area contributed by atoms with Gasteiger partial charge in [0.05, 0.1) is 6.54 Å². The van der Waals surface area contributed by atoms with Crippen LogP contribution >= 0.6 is 0 Å². The van der Waals surface area contributed by atoms with Crippen LogP contribution in [-0.2, 0) is 4.79 Å². The molecule has 5 heteroatoms. The molecule has 1 saturated heterocycles. The molecular weight excluding hydrogens is 252 g/mol. The molecule has 2 heterocycles. The van der Waals surface area contributed by atoms with Gasteiger partial charge in [0.2, 0.25) is 5.91 Å². The maximum Gasteiger partial charge on any atom is 0.241 e. The monoisotopic (exact) mass is 276 g/mol. The van der Waals surface area contributed by atoms with Gasteiger partial charge in [0.15, 0.2) is 0 Å². The number of aryl methyl sites for hydroxylation is 1. The van der Waals surface area contributed by atoms with E-state index in [0.29, 0.717) is 6.54 Å². The van der Waals surface area contributed by atoms with Crippen molar-refractivity contribution in [1.29, 1.82) is 0 Å². The van der Waals surface area contributed by atoms with Gasteiger partial charge in [-0.2, -0.15) is 0 Å². The molecule has 0 spiro atoms. The van der Waals surface area contributed by atoms with Crippen LogP contribution in [0.5, 0.6) is 0 Å². The van der Waals surface area contributed by atoms with Crippen LogP contribution in [0.1, 0.15) is 50.5 Å². The number of aromatic nitrogens is 2. The van der Waals surface area contributed by atoms with E-state index in [4.69, 9.17) is 0 Å². The van der Waals surface area contributed by atoms with Crippen molar-refractivity contribution in [1.82, 2.24) is 14.9 Å². The van der Waals surface area contributed by atoms with E-state index in [9.17, 15) is 4.79 Å². The van der Waals surface area contributed by atoms with Crippen molar-refractivity contribution in [3.63, 3.8) is 0 Å². The minimum atomic E-state index is 0.159. The second kappa shape index (κ2) is 6.68. The number of hydrogen-bond donors (Lipinski definition) is 1. The van der Waals surface area contributed by atoms with Crippen LogP contribution in [-0.4, -0.2) is 40.4 Å². The molecule has 2 rings (SSSR count). The van der Waals surface area contributed by atoms with Gasteiger partial charge in [0, 0.05) is 30.8 Å². The largest absolute Gasteiger partial charge is 0.361 e. The minimum Gasteiger partial charge on any atom is -0.361 e. The second-order valence-corrected chi connectivity index (χ2v) is 5.70. The van der Waals surface area contributed by atoms with E-state index in [1.807, 2.05) is 17.9 Å². The smallest absolute Gasteiger partial charge is 0.241 e. The van der Waals surface area contributed by atoms with Crippen molar-refractivity contribution in [2.24, 2.45) is 0 Å². The molecule has 1 amide bonds. The first-order valence-corrected chi connectivity index (χ1v) is 7.43. The molecule has 110 valence electrons. The molecule has 1 aliphatic rings. The lowest BCUT2D eigenvalue weighted by atomic mass is 10.1. The molecule has 1 aromatic rings. The summed E-state index contributed by atoms with van der Waals surface area (Å²) in [6.07, 6.45) is 3.48. The van der Waals surface area contributed by atoms with E-state index in [1.165, 1.54) is 6.42 Å². The van der Waals surface area contributed by atoms with Gasteiger partial charge in [-0.25, -0.2) is 9.97 Å². The lowest BCUT2D eigenvalue weighted by Crippen LogP contribution is -2.39. The first-order chi connectivity index (χ1) is 9.56. The van der Waals surface area contributed by atoms with Crippen molar-refractivity contribution >= 4 is 11.7 Å². The van der Waals surface area contributed by atoms with E-state index in [1.54, 1.807) is 0 Å². The average Bonchev–Trinajstić information content (AvgIpc) is 2.45. The summed E-state index contributed by atoms with van der Waals surface area (Å²) in [7, 11) is 0. The Kier molecular flexibility index (Phi) is 4.93. The molecule has 0 saturated carbocycles. The summed E-state index contributed by atoms with van der Waals surface area (Å²) in [6, 6.07) is 1.88. The van der Waals surface area contributed by atoms with E-state index in [2.05, 4.69) is 29.1 Å². The summed E-state index contributed by atoms with van der Waals surface area (Å²) < 4.78 is 0. The van der Waals surface area contributed by atoms with Gasteiger partial charge in [-0.05, 0) is 26.2 Å². The van der Waals surface area contributed by atoms with Crippen molar-refractivity contribution in [3.8, 4) is 0 Å². The first kappa shape index (κ1) is 14.8. The third-order valence-electron chi connectivity index (χ3n) is 3.52. The number of amides is 1. The van der Waals surface area contributed by atoms with Crippen molar-refractivity contribution < 1.29 is 4.79 Å². The standard InChI is InChI=1S/C15H24N4O/c1-11(2)15-17-12(3)9-13(18-15)16-10-14(20)19-7-5-4-6-8-19/h9,11H,4-8,10H2,1-3H3,(H,16,17,18). The number of nitrogens with zero attached hydrogens (tertiary/aromatic N) is 3. The number of piperidine rings is 1. The molecule has 0 unspecified atom stereocenters. The zero-order chi connectivity index (χ0) is 14.5. The number of likely N-dealkylation sites (tertiary alicyclic amines) is 1. The molecule has 0 aromatic carbocycles. The molecule has 1 aliphatic heterocycles. The van der Waals surface area contributed by atoms with Crippen molar-refractivity contribution in [2.45, 2.75) is 46.0 Å². The molecule has 0 atom stereocenters. The van der Waals surface area contributed by atoms with Gasteiger partial charge in [-0.15, -0.1) is 0 Å². The Morgan fingerprint density at radius 1 is 1.30 bits per heavy atom. The van der Waals surface area contributed by atoms with Gasteiger partial charge in [0.1, 0.15) is 11.6 Å². The normalized spacial score (nSPS) is 15.5. The second-order valence-electron chi connectivity index (χ2n) is 5.70. The van der Waals surface area contributed by atoms with E-state index < -0.39 is 0 Å². The fraction of sp³-hybridized carbons (Fsp3) is 0.667. The predicted octanol–water partition coefficient (Wildman–Crippen LogP) is 2.33. The molecule has 0 aliphatic carbocycles. The topological polar surface area (TPSA) is 58.1 Å². The Morgan fingerprint density at radius 3 is 2.65 bits per heavy atom. The Labute approximate surface area is 120 Å². The van der Waals surface area contributed by atoms with Crippen molar-refractivity contribution in [3.05, 3.63) is 17.6 Å². The van der Waals surface area contributed by atoms with Crippen LogP contribution in [0.3, 0.4) is 0 Å². The highest BCUT2D eigenvalue weighted by atomic mass is 16.2. The van der Waals surface area contributed by atoms with E-state index in [0.717, 1.165) is 43.3 Å². The quantitative estimate of drug-likeness (QED) is 0.917. The average molecular weight is 276 g/mol. The first-order valence-electron chi connectivity index (χ1n) is 7.43. The fourth-order valence-electron chi connectivity index (χ4n) is 2.36. The van der Waals surface area contributed by atoms with Gasteiger partial charge in [-0.1, -0.05) is 13.8 Å². The Bertz CT molecular complexity index is 467. The molecule has 5 nitrogen and oxygen atoms in total. The summed E-state index contributed by atoms with van der Waals surface area (Å²) in [5.41, 5.74) is 0.927. The highest BCUT2D eigenvalue weighted by molar-refractivity contribution is 5.80. The number of carbonyl (C=O) groups excluding carboxylic acids is 1. The van der Waals surface area contributed by atoms with Crippen LogP contribution < -0.4 is 5.32 Å². The summed E-state index contributed by atoms with van der Waals surface area (Å²) in [5, 5.41) is 3.14. The maximum atomic E-state index is 12.1. The molecular formula is C15H24N4O. The van der Waals surface area contributed by atoms with Gasteiger partial charge in [0.25, 0.3) is 0 Å². The fourth-order valence-corrected chi connectivity index (χ4v) is 2.36. The molecule has 1 aromatic heterocycles. The minimum absolute atomic E-state index is 0.159. The number of hydrogen-bond acceptors (Lipinski definition) is 4. The molecule has 20 heavy (non-hydrogen) atoms. The number of carbonyl (C=O) groups is 1. The maximum absolute atomic E-state index is 12.1. The van der Waals surface area contributed by atoms with Crippen LogP contribution in [0.25, 0.3) is 0 Å². The van der Waals surface area contributed by atoms with E-state index in [-0.39, 0.29) is 11.8 Å². The molecule has 1 N–H and O–H groups in total. The van der Waals surface area contributed by atoms with Crippen LogP contribution in [0.4, 0.5) is 5.82 Å². The van der Waals surface area contributed by atoms with Gasteiger partial charge in [-0.3, -0.25) is 4.79 Å². The van der Waals surface area contributed by atoms with Crippen LogP contribution in [0.2, 0.25) is 0 Å². The SMILES string of the molecule is Cc1cc(NCC(=O)N2CCCCC2)nc(C(C)C)n1. The highest BCUT2D eigenvalue weighted by Gasteiger charge is 2.16. The number of nitrogens with one attached hydrogen (secondary N) is 1. The number of anilines is 1. The zero-order valence-corrected chi connectivity index (χ0v) is 12.6. The Morgan fingerprint density at radius 2 is 2.00 bits per heavy atom. The third kappa shape index (κ3) is 3.92. The van der Waals surface area contributed by atoms with Gasteiger partial charge < -0.3 is 10.2 Å². The molecule has 0 bridgehead atoms. The highest BCUT2D eigenvalue weighted by Crippen LogP contribution is 2.14. The lowest BCUT2D eigenvalue weighted by Gasteiger charge is -2.26. The van der Waals surface area contributed by atoms with Crippen molar-refractivity contribution in [2.75, 3.05) is 25.0 Å². The number of rotatable bonds is 4. The van der Waals surface area contributed by atoms with Crippen LogP contribution in [0.15, 0.2) is 6.07 Å². The predicted molar refractivity (Wildman–Crippen MR) is 79.8 cm³/mol. The Hall–Kier alpha value is -1.65. The third-order valence-corrected chi connectivity index (χ3v) is 3.52. The van der Waals surface area contributed by atoms with Gasteiger partial charge >= 0.3 is 0 Å². The summed E-state index contributed by atoms with van der Waals surface area (Å²) >= 11 is 0. The summed E-state index contributed by atoms with van der Waals surface area (Å²) in [5.74, 6) is 2.00. The summed E-state index contributed by atoms with van der Waals surface area (Å²) in [4.78, 5) is 22.9. The van der Waals surface area contributed by atoms with E-state index >= 15 is 0 Å². The Balaban J connectivity index is 1.94. The molecule has 1 fully saturated rings.